The Morgan fingerprint density at radius 1 is 1.00 bits per heavy atom. The van der Waals surface area contributed by atoms with Gasteiger partial charge in [-0.25, -0.2) is 9.59 Å². The minimum absolute atomic E-state index is 0.00504. The number of hydrogen-bond acceptors (Lipinski definition) is 4. The van der Waals surface area contributed by atoms with Gasteiger partial charge in [0.15, 0.2) is 5.60 Å². The first-order chi connectivity index (χ1) is 12.9. The van der Waals surface area contributed by atoms with Gasteiger partial charge in [-0.15, -0.1) is 0 Å². The molecule has 8 heteroatoms. The number of aliphatic carboxylic acids is 1. The lowest BCUT2D eigenvalue weighted by atomic mass is 9.91. The highest BCUT2D eigenvalue weighted by atomic mass is 16.4. The van der Waals surface area contributed by atoms with E-state index in [1.807, 2.05) is 0 Å². The van der Waals surface area contributed by atoms with Crippen LogP contribution in [-0.4, -0.2) is 64.3 Å². The van der Waals surface area contributed by atoms with Crippen LogP contribution >= 0.6 is 0 Å². The average molecular weight is 383 g/mol. The highest BCUT2D eigenvalue weighted by Gasteiger charge is 2.40. The van der Waals surface area contributed by atoms with E-state index >= 15 is 0 Å². The normalized spacial score (nSPS) is 20.1. The largest absolute Gasteiger partial charge is 0.479 e. The smallest absolute Gasteiger partial charge is 0.335 e. The summed E-state index contributed by atoms with van der Waals surface area (Å²) in [4.78, 5) is 36.6. The second kappa shape index (κ2) is 10.5. The van der Waals surface area contributed by atoms with Crippen LogP contribution < -0.4 is 10.6 Å². The van der Waals surface area contributed by atoms with E-state index in [0.717, 1.165) is 32.1 Å². The van der Waals surface area contributed by atoms with Crippen LogP contribution in [0.3, 0.4) is 0 Å². The zero-order valence-corrected chi connectivity index (χ0v) is 16.0. The molecule has 27 heavy (non-hydrogen) atoms. The second-order valence-electron chi connectivity index (χ2n) is 7.76. The Labute approximate surface area is 160 Å². The summed E-state index contributed by atoms with van der Waals surface area (Å²) in [6, 6.07) is 0.205. The van der Waals surface area contributed by atoms with Gasteiger partial charge in [0.1, 0.15) is 0 Å². The number of nitrogens with zero attached hydrogens (tertiary/aromatic N) is 1. The minimum atomic E-state index is -1.69. The number of likely N-dealkylation sites (tertiary alicyclic amines) is 1. The van der Waals surface area contributed by atoms with Crippen LogP contribution in [0.25, 0.3) is 0 Å². The number of amides is 3. The van der Waals surface area contributed by atoms with Crippen molar-refractivity contribution in [2.24, 2.45) is 0 Å². The zero-order valence-electron chi connectivity index (χ0n) is 16.0. The van der Waals surface area contributed by atoms with Crippen molar-refractivity contribution in [1.82, 2.24) is 15.5 Å². The van der Waals surface area contributed by atoms with Gasteiger partial charge >= 0.3 is 12.0 Å². The fourth-order valence-electron chi connectivity index (χ4n) is 3.76. The van der Waals surface area contributed by atoms with Crippen molar-refractivity contribution < 1.29 is 24.6 Å². The molecule has 0 bridgehead atoms. The Hall–Kier alpha value is -1.83. The first kappa shape index (κ1) is 21.5. The third kappa shape index (κ3) is 7.01. The maximum atomic E-state index is 12.2. The molecule has 1 saturated carbocycles. The van der Waals surface area contributed by atoms with E-state index in [1.165, 1.54) is 19.3 Å². The Morgan fingerprint density at radius 2 is 1.67 bits per heavy atom. The van der Waals surface area contributed by atoms with Gasteiger partial charge in [0.25, 0.3) is 0 Å². The fourth-order valence-corrected chi connectivity index (χ4v) is 3.76. The van der Waals surface area contributed by atoms with Crippen molar-refractivity contribution in [3.05, 3.63) is 0 Å². The Balaban J connectivity index is 1.49. The van der Waals surface area contributed by atoms with E-state index in [9.17, 15) is 19.5 Å². The molecule has 1 saturated heterocycles. The van der Waals surface area contributed by atoms with E-state index in [1.54, 1.807) is 4.90 Å². The molecule has 0 radical (unpaired) electrons. The molecule has 8 nitrogen and oxygen atoms in total. The molecule has 2 fully saturated rings. The molecule has 1 heterocycles. The number of carboxylic acid groups (broad SMARTS) is 1. The van der Waals surface area contributed by atoms with Crippen LogP contribution in [0.2, 0.25) is 0 Å². The van der Waals surface area contributed by atoms with Gasteiger partial charge in [-0.1, -0.05) is 25.7 Å². The highest BCUT2D eigenvalue weighted by molar-refractivity contribution is 5.79. The molecule has 4 N–H and O–H groups in total. The standard InChI is InChI=1S/C19H33N3O5/c23-16(22-13-10-19(27,11-14-22)17(24)25)9-5-2-6-12-20-18(26)21-15-7-3-1-4-8-15/h15,27H,1-14H2,(H,24,25)(H2,20,21,26). The number of unbranched alkanes of at least 4 members (excludes halogenated alkanes) is 2. The average Bonchev–Trinajstić information content (AvgIpc) is 2.65. The molecule has 1 aliphatic carbocycles. The lowest BCUT2D eigenvalue weighted by Crippen LogP contribution is -2.50. The third-order valence-corrected chi connectivity index (χ3v) is 5.63. The van der Waals surface area contributed by atoms with Crippen LogP contribution in [-0.2, 0) is 9.59 Å². The predicted octanol–water partition coefficient (Wildman–Crippen LogP) is 1.62. The molecular weight excluding hydrogens is 350 g/mol. The van der Waals surface area contributed by atoms with Crippen molar-refractivity contribution in [3.63, 3.8) is 0 Å². The molecule has 0 unspecified atom stereocenters. The van der Waals surface area contributed by atoms with Crippen molar-refractivity contribution >= 4 is 17.9 Å². The van der Waals surface area contributed by atoms with Gasteiger partial charge in [0, 0.05) is 44.9 Å². The summed E-state index contributed by atoms with van der Waals surface area (Å²) in [7, 11) is 0. The van der Waals surface area contributed by atoms with Crippen molar-refractivity contribution in [1.29, 1.82) is 0 Å². The minimum Gasteiger partial charge on any atom is -0.479 e. The number of urea groups is 1. The number of piperidine rings is 1. The van der Waals surface area contributed by atoms with Crippen LogP contribution in [0, 0.1) is 0 Å². The molecule has 2 aliphatic rings. The van der Waals surface area contributed by atoms with Crippen LogP contribution in [0.15, 0.2) is 0 Å². The molecule has 1 aliphatic heterocycles. The van der Waals surface area contributed by atoms with Crippen LogP contribution in [0.1, 0.15) is 70.6 Å². The first-order valence-electron chi connectivity index (χ1n) is 10.2. The quantitative estimate of drug-likeness (QED) is 0.475. The molecule has 0 aromatic rings. The molecule has 3 amide bonds. The van der Waals surface area contributed by atoms with Crippen molar-refractivity contribution in [3.8, 4) is 0 Å². The van der Waals surface area contributed by atoms with Crippen LogP contribution in [0.4, 0.5) is 4.79 Å². The second-order valence-corrected chi connectivity index (χ2v) is 7.76. The zero-order chi connectivity index (χ0) is 19.7. The SMILES string of the molecule is O=C(NCCCCCC(=O)N1CCC(O)(C(=O)O)CC1)NC1CCCCC1. The molecule has 0 spiro atoms. The number of nitrogens with one attached hydrogen (secondary N) is 2. The van der Waals surface area contributed by atoms with Gasteiger partial charge in [0.05, 0.1) is 0 Å². The number of carbonyl (C=O) groups excluding carboxylic acids is 2. The summed E-state index contributed by atoms with van der Waals surface area (Å²) in [5.41, 5.74) is -1.69. The Kier molecular flexibility index (Phi) is 8.34. The molecule has 0 aromatic heterocycles. The van der Waals surface area contributed by atoms with Gasteiger partial charge < -0.3 is 25.7 Å². The number of hydrogen-bond donors (Lipinski definition) is 4. The summed E-state index contributed by atoms with van der Waals surface area (Å²) in [5, 5.41) is 24.8. The van der Waals surface area contributed by atoms with Crippen molar-refractivity contribution in [2.45, 2.75) is 82.3 Å². The number of carboxylic acids is 1. The van der Waals surface area contributed by atoms with E-state index < -0.39 is 11.6 Å². The van der Waals surface area contributed by atoms with Gasteiger partial charge in [-0.2, -0.15) is 0 Å². The van der Waals surface area contributed by atoms with E-state index in [4.69, 9.17) is 5.11 Å². The lowest BCUT2D eigenvalue weighted by molar-refractivity contribution is -0.165. The van der Waals surface area contributed by atoms with Crippen molar-refractivity contribution in [2.75, 3.05) is 19.6 Å². The molecule has 0 aromatic carbocycles. The van der Waals surface area contributed by atoms with Gasteiger partial charge in [0.2, 0.25) is 5.91 Å². The summed E-state index contributed by atoms with van der Waals surface area (Å²) in [5.74, 6) is -1.21. The first-order valence-corrected chi connectivity index (χ1v) is 10.2. The number of carbonyl (C=O) groups is 3. The predicted molar refractivity (Wildman–Crippen MR) is 100 cm³/mol. The number of aliphatic hydroxyl groups is 1. The fraction of sp³-hybridized carbons (Fsp3) is 0.842. The lowest BCUT2D eigenvalue weighted by Gasteiger charge is -2.35. The summed E-state index contributed by atoms with van der Waals surface area (Å²) >= 11 is 0. The van der Waals surface area contributed by atoms with E-state index in [2.05, 4.69) is 10.6 Å². The van der Waals surface area contributed by atoms with E-state index in [0.29, 0.717) is 19.0 Å². The van der Waals surface area contributed by atoms with Gasteiger partial charge in [-0.3, -0.25) is 4.79 Å². The molecule has 2 rings (SSSR count). The molecular formula is C19H33N3O5. The topological polar surface area (TPSA) is 119 Å². The van der Waals surface area contributed by atoms with Crippen LogP contribution in [0.5, 0.6) is 0 Å². The Morgan fingerprint density at radius 3 is 2.30 bits per heavy atom. The molecule has 154 valence electrons. The summed E-state index contributed by atoms with van der Waals surface area (Å²) in [6.07, 6.45) is 8.75. The third-order valence-electron chi connectivity index (χ3n) is 5.63. The Bertz CT molecular complexity index is 511. The maximum Gasteiger partial charge on any atom is 0.335 e. The molecule has 0 atom stereocenters. The highest BCUT2D eigenvalue weighted by Crippen LogP contribution is 2.23. The summed E-state index contributed by atoms with van der Waals surface area (Å²) < 4.78 is 0. The number of rotatable bonds is 8. The van der Waals surface area contributed by atoms with E-state index in [-0.39, 0.29) is 37.9 Å². The maximum absolute atomic E-state index is 12.2. The summed E-state index contributed by atoms with van der Waals surface area (Å²) in [6.45, 7) is 1.16. The monoisotopic (exact) mass is 383 g/mol. The van der Waals surface area contributed by atoms with Gasteiger partial charge in [-0.05, 0) is 25.7 Å².